The minimum absolute atomic E-state index is 0.183. The van der Waals surface area contributed by atoms with Gasteiger partial charge in [-0.25, -0.2) is 0 Å². The third-order valence-corrected chi connectivity index (χ3v) is 4.02. The maximum absolute atomic E-state index is 6.06. The molecule has 2 atom stereocenters. The maximum atomic E-state index is 6.06. The van der Waals surface area contributed by atoms with Crippen LogP contribution < -0.4 is 10.5 Å². The van der Waals surface area contributed by atoms with E-state index in [4.69, 9.17) is 10.5 Å². The van der Waals surface area contributed by atoms with Gasteiger partial charge in [-0.1, -0.05) is 18.2 Å². The summed E-state index contributed by atoms with van der Waals surface area (Å²) < 4.78 is 7.93. The molecule has 0 saturated heterocycles. The summed E-state index contributed by atoms with van der Waals surface area (Å²) in [6.45, 7) is 1.46. The van der Waals surface area contributed by atoms with E-state index in [9.17, 15) is 0 Å². The van der Waals surface area contributed by atoms with Gasteiger partial charge in [0.15, 0.2) is 0 Å². The molecule has 2 aromatic rings. The van der Waals surface area contributed by atoms with Crippen molar-refractivity contribution in [3.63, 3.8) is 0 Å². The number of aryl methyl sites for hydroxylation is 1. The lowest BCUT2D eigenvalue weighted by Crippen LogP contribution is -2.33. The lowest BCUT2D eigenvalue weighted by molar-refractivity contribution is 0.334. The Morgan fingerprint density at radius 2 is 2.16 bits per heavy atom. The fourth-order valence-electron chi connectivity index (χ4n) is 3.01. The van der Waals surface area contributed by atoms with Gasteiger partial charge in [-0.05, 0) is 12.5 Å². The van der Waals surface area contributed by atoms with E-state index in [2.05, 4.69) is 20.8 Å². The highest BCUT2D eigenvalue weighted by Gasteiger charge is 2.32. The highest BCUT2D eigenvalue weighted by molar-refractivity contribution is 5.43. The molecule has 1 aromatic heterocycles. The second kappa shape index (κ2) is 4.06. The minimum Gasteiger partial charge on any atom is -0.492 e. The number of hydrogen-bond donors (Lipinski definition) is 1. The standard InChI is InChI=1S/C14H16N4O/c15-9-5-6-13-16-17-14(18(13)7-9)11-8-19-12-4-2-1-3-10(11)12/h1-4,9,11H,5-8,15H2. The van der Waals surface area contributed by atoms with Crippen molar-refractivity contribution in [1.82, 2.24) is 14.8 Å². The largest absolute Gasteiger partial charge is 0.492 e. The average Bonchev–Trinajstić information content (AvgIpc) is 3.01. The summed E-state index contributed by atoms with van der Waals surface area (Å²) >= 11 is 0. The normalized spacial score (nSPS) is 24.7. The summed E-state index contributed by atoms with van der Waals surface area (Å²) in [5.41, 5.74) is 7.27. The van der Waals surface area contributed by atoms with Crippen molar-refractivity contribution in [2.75, 3.05) is 6.61 Å². The lowest BCUT2D eigenvalue weighted by atomic mass is 9.99. The number of ether oxygens (including phenoxy) is 1. The van der Waals surface area contributed by atoms with Gasteiger partial charge < -0.3 is 15.0 Å². The molecule has 5 nitrogen and oxygen atoms in total. The van der Waals surface area contributed by atoms with Crippen LogP contribution in [0.4, 0.5) is 0 Å². The van der Waals surface area contributed by atoms with E-state index in [-0.39, 0.29) is 12.0 Å². The predicted molar refractivity (Wildman–Crippen MR) is 70.1 cm³/mol. The van der Waals surface area contributed by atoms with Crippen LogP contribution >= 0.6 is 0 Å². The summed E-state index contributed by atoms with van der Waals surface area (Å²) in [5, 5.41) is 8.70. The van der Waals surface area contributed by atoms with E-state index < -0.39 is 0 Å². The predicted octanol–water partition coefficient (Wildman–Crippen LogP) is 1.08. The molecule has 2 aliphatic heterocycles. The second-order valence-electron chi connectivity index (χ2n) is 5.29. The number of fused-ring (bicyclic) bond motifs is 2. The Morgan fingerprint density at radius 3 is 3.11 bits per heavy atom. The van der Waals surface area contributed by atoms with Crippen molar-refractivity contribution < 1.29 is 4.74 Å². The van der Waals surface area contributed by atoms with Gasteiger partial charge in [0.2, 0.25) is 0 Å². The molecule has 5 heteroatoms. The van der Waals surface area contributed by atoms with E-state index in [0.29, 0.717) is 6.61 Å². The van der Waals surface area contributed by atoms with Crippen LogP contribution in [0, 0.1) is 0 Å². The van der Waals surface area contributed by atoms with Crippen LogP contribution in [0.5, 0.6) is 5.75 Å². The molecule has 3 heterocycles. The zero-order valence-electron chi connectivity index (χ0n) is 10.6. The van der Waals surface area contributed by atoms with Crippen molar-refractivity contribution in [2.24, 2.45) is 5.73 Å². The molecule has 2 aliphatic rings. The Bertz CT molecular complexity index is 622. The van der Waals surface area contributed by atoms with Gasteiger partial charge in [-0.15, -0.1) is 10.2 Å². The molecule has 0 saturated carbocycles. The first kappa shape index (κ1) is 11.0. The fraction of sp³-hybridized carbons (Fsp3) is 0.429. The SMILES string of the molecule is NC1CCc2nnc(C3COc4ccccc43)n2C1. The minimum atomic E-state index is 0.183. The molecule has 19 heavy (non-hydrogen) atoms. The Labute approximate surface area is 111 Å². The first-order valence-electron chi connectivity index (χ1n) is 6.72. The van der Waals surface area contributed by atoms with Crippen molar-refractivity contribution in [3.05, 3.63) is 41.5 Å². The summed E-state index contributed by atoms with van der Waals surface area (Å²) in [7, 11) is 0. The van der Waals surface area contributed by atoms with Gasteiger partial charge >= 0.3 is 0 Å². The van der Waals surface area contributed by atoms with Crippen LogP contribution in [0.1, 0.15) is 29.6 Å². The number of benzene rings is 1. The third-order valence-electron chi connectivity index (χ3n) is 4.02. The van der Waals surface area contributed by atoms with Crippen LogP contribution in [-0.4, -0.2) is 27.4 Å². The summed E-state index contributed by atoms with van der Waals surface area (Å²) in [4.78, 5) is 0. The number of para-hydroxylation sites is 1. The fourth-order valence-corrected chi connectivity index (χ4v) is 3.01. The third kappa shape index (κ3) is 1.65. The van der Waals surface area contributed by atoms with Crippen LogP contribution in [0.15, 0.2) is 24.3 Å². The van der Waals surface area contributed by atoms with Crippen molar-refractivity contribution in [1.29, 1.82) is 0 Å². The Morgan fingerprint density at radius 1 is 1.26 bits per heavy atom. The van der Waals surface area contributed by atoms with Crippen molar-refractivity contribution in [2.45, 2.75) is 31.3 Å². The molecular weight excluding hydrogens is 240 g/mol. The Hall–Kier alpha value is -1.88. The molecule has 0 aliphatic carbocycles. The highest BCUT2D eigenvalue weighted by Crippen LogP contribution is 2.37. The molecule has 0 fully saturated rings. The molecule has 0 amide bonds. The monoisotopic (exact) mass is 256 g/mol. The second-order valence-corrected chi connectivity index (χ2v) is 5.29. The maximum Gasteiger partial charge on any atom is 0.144 e. The van der Waals surface area contributed by atoms with E-state index in [0.717, 1.165) is 36.8 Å². The molecule has 2 unspecified atom stereocenters. The van der Waals surface area contributed by atoms with Crippen LogP contribution in [0.3, 0.4) is 0 Å². The Kier molecular flexibility index (Phi) is 2.35. The van der Waals surface area contributed by atoms with Crippen molar-refractivity contribution in [3.8, 4) is 5.75 Å². The molecule has 0 radical (unpaired) electrons. The molecular formula is C14H16N4O. The number of nitrogens with two attached hydrogens (primary N) is 1. The molecule has 1 aromatic carbocycles. The number of rotatable bonds is 1. The number of aromatic nitrogens is 3. The first-order valence-corrected chi connectivity index (χ1v) is 6.72. The highest BCUT2D eigenvalue weighted by atomic mass is 16.5. The summed E-state index contributed by atoms with van der Waals surface area (Å²) in [6, 6.07) is 8.36. The quantitative estimate of drug-likeness (QED) is 0.829. The van der Waals surface area contributed by atoms with E-state index in [1.165, 1.54) is 5.56 Å². The van der Waals surface area contributed by atoms with Gasteiger partial charge in [-0.2, -0.15) is 0 Å². The van der Waals surface area contributed by atoms with E-state index in [1.807, 2.05) is 18.2 Å². The lowest BCUT2D eigenvalue weighted by Gasteiger charge is -2.22. The number of nitrogens with zero attached hydrogens (tertiary/aromatic N) is 3. The molecule has 4 rings (SSSR count). The van der Waals surface area contributed by atoms with Gasteiger partial charge in [0.25, 0.3) is 0 Å². The van der Waals surface area contributed by atoms with Gasteiger partial charge in [-0.3, -0.25) is 0 Å². The average molecular weight is 256 g/mol. The van der Waals surface area contributed by atoms with Gasteiger partial charge in [0.05, 0.1) is 5.92 Å². The zero-order chi connectivity index (χ0) is 12.8. The molecule has 98 valence electrons. The van der Waals surface area contributed by atoms with Gasteiger partial charge in [0, 0.05) is 24.6 Å². The molecule has 2 N–H and O–H groups in total. The van der Waals surface area contributed by atoms with Crippen LogP contribution in [0.2, 0.25) is 0 Å². The van der Waals surface area contributed by atoms with Crippen molar-refractivity contribution >= 4 is 0 Å². The molecule has 0 spiro atoms. The van der Waals surface area contributed by atoms with Gasteiger partial charge in [0.1, 0.15) is 24.0 Å². The molecule has 0 bridgehead atoms. The zero-order valence-corrected chi connectivity index (χ0v) is 10.6. The summed E-state index contributed by atoms with van der Waals surface area (Å²) in [5.74, 6) is 3.20. The van der Waals surface area contributed by atoms with E-state index in [1.54, 1.807) is 0 Å². The Balaban J connectivity index is 1.77. The van der Waals surface area contributed by atoms with E-state index >= 15 is 0 Å². The smallest absolute Gasteiger partial charge is 0.144 e. The first-order chi connectivity index (χ1) is 9.33. The van der Waals surface area contributed by atoms with Crippen LogP contribution in [0.25, 0.3) is 0 Å². The summed E-state index contributed by atoms with van der Waals surface area (Å²) in [6.07, 6.45) is 1.92. The number of hydrogen-bond acceptors (Lipinski definition) is 4. The topological polar surface area (TPSA) is 66.0 Å². The van der Waals surface area contributed by atoms with Crippen LogP contribution in [-0.2, 0) is 13.0 Å².